The fourth-order valence-electron chi connectivity index (χ4n) is 0.995. The normalized spacial score (nSPS) is 22.5. The lowest BCUT2D eigenvalue weighted by Gasteiger charge is -2.16. The monoisotopic (exact) mass is 155 g/mol. The van der Waals surface area contributed by atoms with Crippen LogP contribution in [0.4, 0.5) is 0 Å². The van der Waals surface area contributed by atoms with Crippen molar-refractivity contribution in [3.63, 3.8) is 0 Å². The van der Waals surface area contributed by atoms with Crippen LogP contribution in [0, 0.1) is 5.92 Å². The molecule has 62 valence electrons. The molecule has 1 amide bonds. The van der Waals surface area contributed by atoms with Crippen molar-refractivity contribution < 1.29 is 9.53 Å². The van der Waals surface area contributed by atoms with E-state index in [-0.39, 0.29) is 5.91 Å². The molecular formula is C8H13NO2. The van der Waals surface area contributed by atoms with E-state index in [4.69, 9.17) is 4.74 Å². The van der Waals surface area contributed by atoms with Gasteiger partial charge in [0.25, 0.3) is 0 Å². The Kier molecular flexibility index (Phi) is 2.95. The maximum Gasteiger partial charge on any atom is 0.216 e. The minimum absolute atomic E-state index is 0.0323. The fourth-order valence-corrected chi connectivity index (χ4v) is 0.995. The Balaban J connectivity index is 2.20. The van der Waals surface area contributed by atoms with Gasteiger partial charge in [-0.1, -0.05) is 0 Å². The molecule has 0 aromatic heterocycles. The van der Waals surface area contributed by atoms with E-state index in [0.717, 1.165) is 19.6 Å². The van der Waals surface area contributed by atoms with E-state index < -0.39 is 0 Å². The first kappa shape index (κ1) is 8.11. The molecule has 0 fully saturated rings. The quantitative estimate of drug-likeness (QED) is 0.636. The van der Waals surface area contributed by atoms with Crippen LogP contribution < -0.4 is 5.32 Å². The largest absolute Gasteiger partial charge is 0.501 e. The summed E-state index contributed by atoms with van der Waals surface area (Å²) in [5.41, 5.74) is 0. The van der Waals surface area contributed by atoms with Crippen molar-refractivity contribution >= 4 is 5.91 Å². The minimum atomic E-state index is 0.0323. The van der Waals surface area contributed by atoms with Crippen LogP contribution in [0.5, 0.6) is 0 Å². The second kappa shape index (κ2) is 4.01. The number of hydrogen-bond donors (Lipinski definition) is 1. The summed E-state index contributed by atoms with van der Waals surface area (Å²) in [5.74, 6) is 0.484. The zero-order valence-electron chi connectivity index (χ0n) is 6.67. The predicted molar refractivity (Wildman–Crippen MR) is 41.9 cm³/mol. The van der Waals surface area contributed by atoms with Crippen LogP contribution in [0.3, 0.4) is 0 Å². The van der Waals surface area contributed by atoms with Crippen LogP contribution in [0.2, 0.25) is 0 Å². The van der Waals surface area contributed by atoms with E-state index in [1.165, 1.54) is 6.92 Å². The van der Waals surface area contributed by atoms with Gasteiger partial charge in [-0.3, -0.25) is 4.79 Å². The SMILES string of the molecule is CC(=O)NCC1C=COCC1. The van der Waals surface area contributed by atoms with Crippen molar-refractivity contribution in [2.75, 3.05) is 13.2 Å². The average molecular weight is 155 g/mol. The molecule has 0 saturated heterocycles. The molecule has 0 aromatic rings. The molecule has 1 aliphatic heterocycles. The van der Waals surface area contributed by atoms with Crippen LogP contribution in [0.15, 0.2) is 12.3 Å². The van der Waals surface area contributed by atoms with Gasteiger partial charge in [-0.05, 0) is 12.5 Å². The highest BCUT2D eigenvalue weighted by Gasteiger charge is 2.08. The highest BCUT2D eigenvalue weighted by Crippen LogP contribution is 2.09. The summed E-state index contributed by atoms with van der Waals surface area (Å²) >= 11 is 0. The van der Waals surface area contributed by atoms with Gasteiger partial charge < -0.3 is 10.1 Å². The molecule has 11 heavy (non-hydrogen) atoms. The third-order valence-electron chi connectivity index (χ3n) is 1.67. The highest BCUT2D eigenvalue weighted by molar-refractivity contribution is 5.72. The van der Waals surface area contributed by atoms with Crippen molar-refractivity contribution in [1.29, 1.82) is 0 Å². The molecular weight excluding hydrogens is 142 g/mol. The predicted octanol–water partition coefficient (Wildman–Crippen LogP) is 0.673. The number of ether oxygens (including phenoxy) is 1. The summed E-state index contributed by atoms with van der Waals surface area (Å²) in [6.07, 6.45) is 4.69. The van der Waals surface area contributed by atoms with Gasteiger partial charge in [0, 0.05) is 19.4 Å². The summed E-state index contributed by atoms with van der Waals surface area (Å²) in [7, 11) is 0. The Morgan fingerprint density at radius 1 is 1.82 bits per heavy atom. The van der Waals surface area contributed by atoms with Gasteiger partial charge in [0.15, 0.2) is 0 Å². The summed E-state index contributed by atoms with van der Waals surface area (Å²) in [6, 6.07) is 0. The third kappa shape index (κ3) is 3.07. The number of amides is 1. The number of hydrogen-bond acceptors (Lipinski definition) is 2. The van der Waals surface area contributed by atoms with Gasteiger partial charge in [0.1, 0.15) is 0 Å². The molecule has 3 nitrogen and oxygen atoms in total. The highest BCUT2D eigenvalue weighted by atomic mass is 16.5. The van der Waals surface area contributed by atoms with E-state index in [1.807, 2.05) is 6.08 Å². The van der Waals surface area contributed by atoms with Crippen molar-refractivity contribution in [3.8, 4) is 0 Å². The third-order valence-corrected chi connectivity index (χ3v) is 1.67. The summed E-state index contributed by atoms with van der Waals surface area (Å²) in [5, 5.41) is 2.77. The maximum absolute atomic E-state index is 10.5. The van der Waals surface area contributed by atoms with Gasteiger partial charge in [-0.15, -0.1) is 0 Å². The molecule has 1 atom stereocenters. The number of carbonyl (C=O) groups excluding carboxylic acids is 1. The van der Waals surface area contributed by atoms with E-state index in [0.29, 0.717) is 5.92 Å². The number of rotatable bonds is 2. The van der Waals surface area contributed by atoms with E-state index in [2.05, 4.69) is 5.32 Å². The van der Waals surface area contributed by atoms with Crippen LogP contribution in [-0.4, -0.2) is 19.1 Å². The lowest BCUT2D eigenvalue weighted by molar-refractivity contribution is -0.119. The van der Waals surface area contributed by atoms with Crippen LogP contribution in [-0.2, 0) is 9.53 Å². The molecule has 1 aliphatic rings. The van der Waals surface area contributed by atoms with Gasteiger partial charge in [-0.25, -0.2) is 0 Å². The van der Waals surface area contributed by atoms with Gasteiger partial charge in [0.05, 0.1) is 12.9 Å². The van der Waals surface area contributed by atoms with Crippen LogP contribution >= 0.6 is 0 Å². The smallest absolute Gasteiger partial charge is 0.216 e. The van der Waals surface area contributed by atoms with Crippen molar-refractivity contribution in [2.45, 2.75) is 13.3 Å². The minimum Gasteiger partial charge on any atom is -0.501 e. The first-order valence-electron chi connectivity index (χ1n) is 3.82. The molecule has 1 heterocycles. The molecule has 0 spiro atoms. The molecule has 0 aromatic carbocycles. The summed E-state index contributed by atoms with van der Waals surface area (Å²) in [4.78, 5) is 10.5. The van der Waals surface area contributed by atoms with Gasteiger partial charge in [-0.2, -0.15) is 0 Å². The standard InChI is InChI=1S/C8H13NO2/c1-7(10)9-6-8-2-4-11-5-3-8/h2,4,8H,3,5-6H2,1H3,(H,9,10). The molecule has 1 unspecified atom stereocenters. The zero-order valence-corrected chi connectivity index (χ0v) is 6.67. The Morgan fingerprint density at radius 2 is 2.64 bits per heavy atom. The maximum atomic E-state index is 10.5. The summed E-state index contributed by atoms with van der Waals surface area (Å²) in [6.45, 7) is 3.03. The number of nitrogens with one attached hydrogen (secondary N) is 1. The van der Waals surface area contributed by atoms with Gasteiger partial charge in [0.2, 0.25) is 5.91 Å². The van der Waals surface area contributed by atoms with Crippen LogP contribution in [0.25, 0.3) is 0 Å². The van der Waals surface area contributed by atoms with E-state index in [9.17, 15) is 4.79 Å². The van der Waals surface area contributed by atoms with Gasteiger partial charge >= 0.3 is 0 Å². The van der Waals surface area contributed by atoms with E-state index >= 15 is 0 Å². The fraction of sp³-hybridized carbons (Fsp3) is 0.625. The Hall–Kier alpha value is -0.990. The Morgan fingerprint density at radius 3 is 3.18 bits per heavy atom. The van der Waals surface area contributed by atoms with Crippen molar-refractivity contribution in [2.24, 2.45) is 5.92 Å². The second-order valence-electron chi connectivity index (χ2n) is 2.69. The zero-order chi connectivity index (χ0) is 8.10. The van der Waals surface area contributed by atoms with Crippen LogP contribution in [0.1, 0.15) is 13.3 Å². The molecule has 0 bridgehead atoms. The second-order valence-corrected chi connectivity index (χ2v) is 2.69. The topological polar surface area (TPSA) is 38.3 Å². The molecule has 3 heteroatoms. The summed E-state index contributed by atoms with van der Waals surface area (Å²) < 4.78 is 5.01. The number of carbonyl (C=O) groups is 1. The molecule has 1 N–H and O–H groups in total. The average Bonchev–Trinajstić information content (AvgIpc) is 2.03. The first-order valence-corrected chi connectivity index (χ1v) is 3.82. The Bertz CT molecular complexity index is 165. The Labute approximate surface area is 66.4 Å². The van der Waals surface area contributed by atoms with Crippen molar-refractivity contribution in [1.82, 2.24) is 5.32 Å². The molecule has 0 radical (unpaired) electrons. The lowest BCUT2D eigenvalue weighted by Crippen LogP contribution is -2.27. The van der Waals surface area contributed by atoms with Crippen molar-refractivity contribution in [3.05, 3.63) is 12.3 Å². The van der Waals surface area contributed by atoms with E-state index in [1.54, 1.807) is 6.26 Å². The molecule has 0 saturated carbocycles. The lowest BCUT2D eigenvalue weighted by atomic mass is 10.1. The first-order chi connectivity index (χ1) is 5.29. The molecule has 0 aliphatic carbocycles. The molecule has 1 rings (SSSR count).